The average molecular weight is 344 g/mol. The first kappa shape index (κ1) is 17.5. The van der Waals surface area contributed by atoms with Crippen LogP contribution in [0.5, 0.6) is 5.75 Å². The summed E-state index contributed by atoms with van der Waals surface area (Å²) < 4.78 is 10.7. The number of hydrogen-bond acceptors (Lipinski definition) is 5. The van der Waals surface area contributed by atoms with Gasteiger partial charge in [-0.15, -0.1) is 0 Å². The molecular weight excluding hydrogens is 320 g/mol. The second-order valence-electron chi connectivity index (χ2n) is 6.78. The fraction of sp³-hybridized carbons (Fsp3) is 0.474. The first-order valence-corrected chi connectivity index (χ1v) is 8.56. The molecule has 25 heavy (non-hydrogen) atoms. The Labute approximate surface area is 147 Å². The van der Waals surface area contributed by atoms with E-state index in [1.165, 1.54) is 0 Å². The van der Waals surface area contributed by atoms with Crippen LogP contribution >= 0.6 is 0 Å². The van der Waals surface area contributed by atoms with E-state index < -0.39 is 5.97 Å². The number of likely N-dealkylation sites (tertiary alicyclic amines) is 1. The van der Waals surface area contributed by atoms with E-state index in [9.17, 15) is 9.90 Å². The highest BCUT2D eigenvalue weighted by Crippen LogP contribution is 2.30. The second kappa shape index (κ2) is 7.27. The molecule has 0 saturated carbocycles. The molecular formula is C19H24N2O4. The van der Waals surface area contributed by atoms with Crippen LogP contribution in [0.2, 0.25) is 0 Å². The maximum absolute atomic E-state index is 11.3. The summed E-state index contributed by atoms with van der Waals surface area (Å²) in [5.41, 5.74) is 1.76. The zero-order chi connectivity index (χ0) is 18.0. The van der Waals surface area contributed by atoms with Gasteiger partial charge in [0, 0.05) is 23.7 Å². The molecule has 1 saturated heterocycles. The van der Waals surface area contributed by atoms with Gasteiger partial charge in [0.2, 0.25) is 0 Å². The Morgan fingerprint density at radius 3 is 2.48 bits per heavy atom. The van der Waals surface area contributed by atoms with E-state index in [-0.39, 0.29) is 18.0 Å². The highest BCUT2D eigenvalue weighted by Gasteiger charge is 2.34. The molecule has 1 aliphatic rings. The van der Waals surface area contributed by atoms with Crippen LogP contribution in [0.25, 0.3) is 11.3 Å². The van der Waals surface area contributed by atoms with Gasteiger partial charge in [0.05, 0.1) is 19.6 Å². The van der Waals surface area contributed by atoms with E-state index in [0.29, 0.717) is 19.4 Å². The molecule has 2 unspecified atom stereocenters. The molecule has 134 valence electrons. The van der Waals surface area contributed by atoms with Crippen LogP contribution in [0.15, 0.2) is 34.9 Å². The molecule has 0 aliphatic carbocycles. The van der Waals surface area contributed by atoms with Gasteiger partial charge in [0.1, 0.15) is 11.4 Å². The Morgan fingerprint density at radius 1 is 1.28 bits per heavy atom. The largest absolute Gasteiger partial charge is 0.497 e. The SMILES string of the molecule is COc1ccc(-c2cc(CN3C(C)CC(C(=O)O)CC3C)on2)cc1. The first-order valence-electron chi connectivity index (χ1n) is 8.56. The van der Waals surface area contributed by atoms with Crippen molar-refractivity contribution in [3.05, 3.63) is 36.1 Å². The number of hydrogen-bond donors (Lipinski definition) is 1. The third-order valence-electron chi connectivity index (χ3n) is 5.02. The van der Waals surface area contributed by atoms with Gasteiger partial charge < -0.3 is 14.4 Å². The van der Waals surface area contributed by atoms with E-state index in [0.717, 1.165) is 22.8 Å². The number of methoxy groups -OCH3 is 1. The predicted octanol–water partition coefficient (Wildman–Crippen LogP) is 3.42. The minimum absolute atomic E-state index is 0.194. The van der Waals surface area contributed by atoms with Crippen molar-refractivity contribution in [1.29, 1.82) is 0 Å². The van der Waals surface area contributed by atoms with Crippen LogP contribution in [0, 0.1) is 5.92 Å². The van der Waals surface area contributed by atoms with Crippen molar-refractivity contribution >= 4 is 5.97 Å². The van der Waals surface area contributed by atoms with Crippen molar-refractivity contribution in [3.8, 4) is 17.0 Å². The number of benzene rings is 1. The zero-order valence-corrected chi connectivity index (χ0v) is 14.8. The van der Waals surface area contributed by atoms with Crippen molar-refractivity contribution in [1.82, 2.24) is 10.1 Å². The number of ether oxygens (including phenoxy) is 1. The number of piperidine rings is 1. The number of aromatic nitrogens is 1. The highest BCUT2D eigenvalue weighted by atomic mass is 16.5. The summed E-state index contributed by atoms with van der Waals surface area (Å²) in [6.45, 7) is 4.79. The molecule has 1 fully saturated rings. The standard InChI is InChI=1S/C19H24N2O4/c1-12-8-15(19(22)23)9-13(2)21(12)11-17-10-18(20-25-17)14-4-6-16(24-3)7-5-14/h4-7,10,12-13,15H,8-9,11H2,1-3H3,(H,22,23). The van der Waals surface area contributed by atoms with Crippen LogP contribution in [0.4, 0.5) is 0 Å². The number of carbonyl (C=O) groups is 1. The molecule has 2 atom stereocenters. The zero-order valence-electron chi connectivity index (χ0n) is 14.8. The van der Waals surface area contributed by atoms with Crippen molar-refractivity contribution in [2.24, 2.45) is 5.92 Å². The summed E-state index contributed by atoms with van der Waals surface area (Å²) >= 11 is 0. The van der Waals surface area contributed by atoms with E-state index in [4.69, 9.17) is 9.26 Å². The van der Waals surface area contributed by atoms with Gasteiger partial charge in [-0.2, -0.15) is 0 Å². The fourth-order valence-corrected chi connectivity index (χ4v) is 3.60. The smallest absolute Gasteiger partial charge is 0.306 e. The number of rotatable bonds is 5. The lowest BCUT2D eigenvalue weighted by Gasteiger charge is -2.40. The Bertz CT molecular complexity index is 713. The molecule has 0 bridgehead atoms. The molecule has 1 aromatic heterocycles. The number of carboxylic acid groups (broad SMARTS) is 1. The lowest BCUT2D eigenvalue weighted by molar-refractivity contribution is -0.145. The minimum Gasteiger partial charge on any atom is -0.497 e. The molecule has 1 N–H and O–H groups in total. The molecule has 2 aromatic rings. The van der Waals surface area contributed by atoms with Crippen molar-refractivity contribution in [2.75, 3.05) is 7.11 Å². The van der Waals surface area contributed by atoms with Crippen LogP contribution in [0.1, 0.15) is 32.4 Å². The maximum atomic E-state index is 11.3. The summed E-state index contributed by atoms with van der Waals surface area (Å²) in [7, 11) is 1.64. The van der Waals surface area contributed by atoms with Gasteiger partial charge in [-0.25, -0.2) is 0 Å². The molecule has 0 radical (unpaired) electrons. The molecule has 0 spiro atoms. The molecule has 3 rings (SSSR count). The normalized spacial score (nSPS) is 24.2. The van der Waals surface area contributed by atoms with E-state index in [1.807, 2.05) is 30.3 Å². The number of aliphatic carboxylic acids is 1. The lowest BCUT2D eigenvalue weighted by atomic mass is 9.87. The summed E-state index contributed by atoms with van der Waals surface area (Å²) in [5, 5.41) is 13.4. The van der Waals surface area contributed by atoms with Crippen molar-refractivity contribution < 1.29 is 19.2 Å². The first-order chi connectivity index (χ1) is 12.0. The summed E-state index contributed by atoms with van der Waals surface area (Å²) in [5.74, 6) is 0.639. The molecule has 2 heterocycles. The van der Waals surface area contributed by atoms with Gasteiger partial charge in [-0.1, -0.05) is 5.16 Å². The Hall–Kier alpha value is -2.34. The molecule has 1 aromatic carbocycles. The number of nitrogens with zero attached hydrogens (tertiary/aromatic N) is 2. The third-order valence-corrected chi connectivity index (χ3v) is 5.02. The molecule has 6 heteroatoms. The van der Waals surface area contributed by atoms with Crippen LogP contribution in [-0.2, 0) is 11.3 Å². The molecule has 6 nitrogen and oxygen atoms in total. The average Bonchev–Trinajstić information content (AvgIpc) is 3.06. The Morgan fingerprint density at radius 2 is 1.92 bits per heavy atom. The monoisotopic (exact) mass is 344 g/mol. The minimum atomic E-state index is -0.695. The maximum Gasteiger partial charge on any atom is 0.306 e. The summed E-state index contributed by atoms with van der Waals surface area (Å²) in [6, 6.07) is 10.0. The number of carboxylic acids is 1. The third kappa shape index (κ3) is 3.85. The van der Waals surface area contributed by atoms with Gasteiger partial charge >= 0.3 is 5.97 Å². The van der Waals surface area contributed by atoms with E-state index >= 15 is 0 Å². The van der Waals surface area contributed by atoms with E-state index in [1.54, 1.807) is 7.11 Å². The fourth-order valence-electron chi connectivity index (χ4n) is 3.60. The van der Waals surface area contributed by atoms with Gasteiger partial charge in [0.15, 0.2) is 5.76 Å². The molecule has 1 aliphatic heterocycles. The van der Waals surface area contributed by atoms with Gasteiger partial charge in [-0.05, 0) is 51.0 Å². The molecule has 0 amide bonds. The van der Waals surface area contributed by atoms with Crippen LogP contribution in [0.3, 0.4) is 0 Å². The second-order valence-corrected chi connectivity index (χ2v) is 6.78. The topological polar surface area (TPSA) is 75.8 Å². The summed E-state index contributed by atoms with van der Waals surface area (Å²) in [4.78, 5) is 13.5. The van der Waals surface area contributed by atoms with Gasteiger partial charge in [-0.3, -0.25) is 9.69 Å². The predicted molar refractivity (Wildman–Crippen MR) is 93.3 cm³/mol. The highest BCUT2D eigenvalue weighted by molar-refractivity contribution is 5.70. The van der Waals surface area contributed by atoms with Crippen molar-refractivity contribution in [2.45, 2.75) is 45.3 Å². The Kier molecular flexibility index (Phi) is 5.08. The van der Waals surface area contributed by atoms with Crippen LogP contribution < -0.4 is 4.74 Å². The lowest BCUT2D eigenvalue weighted by Crippen LogP contribution is -2.47. The van der Waals surface area contributed by atoms with Crippen LogP contribution in [-0.4, -0.2) is 40.3 Å². The van der Waals surface area contributed by atoms with Gasteiger partial charge in [0.25, 0.3) is 0 Å². The van der Waals surface area contributed by atoms with E-state index in [2.05, 4.69) is 23.9 Å². The van der Waals surface area contributed by atoms with Crippen molar-refractivity contribution in [3.63, 3.8) is 0 Å². The summed E-state index contributed by atoms with van der Waals surface area (Å²) in [6.07, 6.45) is 1.33. The quantitative estimate of drug-likeness (QED) is 0.896. The Balaban J connectivity index is 1.69.